The summed E-state index contributed by atoms with van der Waals surface area (Å²) in [5.74, 6) is -0.336. The maximum Gasteiger partial charge on any atom is 0.221 e. The Morgan fingerprint density at radius 2 is 1.86 bits per heavy atom. The highest BCUT2D eigenvalue weighted by molar-refractivity contribution is 9.10. The summed E-state index contributed by atoms with van der Waals surface area (Å²) in [5, 5.41) is 0. The molecule has 0 fully saturated rings. The van der Waals surface area contributed by atoms with Crippen molar-refractivity contribution in [2.24, 2.45) is 0 Å². The largest absolute Gasteiger partial charge is 0.221 e. The first-order valence-electron chi connectivity index (χ1n) is 3.81. The molecule has 14 heavy (non-hydrogen) atoms. The summed E-state index contributed by atoms with van der Waals surface area (Å²) in [7, 11) is -3.25. The molecule has 0 bridgehead atoms. The zero-order valence-electron chi connectivity index (χ0n) is 7.20. The van der Waals surface area contributed by atoms with Crippen LogP contribution in [0.25, 0.3) is 0 Å². The van der Waals surface area contributed by atoms with Crippen molar-refractivity contribution in [3.8, 4) is 0 Å². The number of halogens is 2. The monoisotopic (exact) mass is 281 g/mol. The molecule has 78 valence electrons. The normalized spacial score (nSPS) is 11.6. The second kappa shape index (κ2) is 4.86. The number of hydrogen-bond donors (Lipinski definition) is 1. The van der Waals surface area contributed by atoms with Crippen LogP contribution in [0.15, 0.2) is 24.3 Å². The van der Waals surface area contributed by atoms with Gasteiger partial charge in [0.15, 0.2) is 0 Å². The smallest absolute Gasteiger partial charge is 0.212 e. The second-order valence-electron chi connectivity index (χ2n) is 2.67. The van der Waals surface area contributed by atoms with Crippen molar-refractivity contribution in [1.29, 1.82) is 0 Å². The van der Waals surface area contributed by atoms with Gasteiger partial charge in [-0.1, -0.05) is 28.1 Å². The minimum Gasteiger partial charge on any atom is -0.212 e. The Hall–Kier alpha value is -0.460. The molecule has 0 amide bonds. The lowest BCUT2D eigenvalue weighted by molar-refractivity contribution is 0.586. The SMILES string of the molecule is O=S(=O)(CBr)NCc1ccc(F)cc1. The van der Waals surface area contributed by atoms with E-state index < -0.39 is 10.0 Å². The number of alkyl halides is 1. The van der Waals surface area contributed by atoms with Crippen LogP contribution in [-0.2, 0) is 16.6 Å². The first-order valence-corrected chi connectivity index (χ1v) is 6.58. The van der Waals surface area contributed by atoms with E-state index in [1.54, 1.807) is 0 Å². The molecule has 1 N–H and O–H groups in total. The Morgan fingerprint density at radius 1 is 1.29 bits per heavy atom. The fraction of sp³-hybridized carbons (Fsp3) is 0.250. The number of benzene rings is 1. The lowest BCUT2D eigenvalue weighted by atomic mass is 10.2. The molecular weight excluding hydrogens is 273 g/mol. The van der Waals surface area contributed by atoms with Gasteiger partial charge in [-0.25, -0.2) is 17.5 Å². The highest BCUT2D eigenvalue weighted by Gasteiger charge is 2.06. The van der Waals surface area contributed by atoms with E-state index in [2.05, 4.69) is 20.7 Å². The zero-order chi connectivity index (χ0) is 10.6. The molecule has 1 rings (SSSR count). The van der Waals surface area contributed by atoms with Gasteiger partial charge in [-0.3, -0.25) is 0 Å². The first kappa shape index (κ1) is 11.6. The van der Waals surface area contributed by atoms with Crippen molar-refractivity contribution >= 4 is 26.0 Å². The molecule has 1 aromatic carbocycles. The summed E-state index contributed by atoms with van der Waals surface area (Å²) in [5.41, 5.74) is 0.718. The van der Waals surface area contributed by atoms with Crippen molar-refractivity contribution in [3.05, 3.63) is 35.6 Å². The van der Waals surface area contributed by atoms with Crippen LogP contribution >= 0.6 is 15.9 Å². The maximum atomic E-state index is 12.5. The number of hydrogen-bond acceptors (Lipinski definition) is 2. The first-order chi connectivity index (χ1) is 6.53. The van der Waals surface area contributed by atoms with Crippen LogP contribution in [0, 0.1) is 5.82 Å². The van der Waals surface area contributed by atoms with Crippen LogP contribution in [0.5, 0.6) is 0 Å². The Bertz CT molecular complexity index is 390. The van der Waals surface area contributed by atoms with Gasteiger partial charge in [-0.05, 0) is 17.7 Å². The van der Waals surface area contributed by atoms with Crippen molar-refractivity contribution in [3.63, 3.8) is 0 Å². The summed E-state index contributed by atoms with van der Waals surface area (Å²) < 4.78 is 36.7. The van der Waals surface area contributed by atoms with E-state index in [0.29, 0.717) is 0 Å². The van der Waals surface area contributed by atoms with E-state index >= 15 is 0 Å². The van der Waals surface area contributed by atoms with E-state index in [0.717, 1.165) is 5.56 Å². The molecule has 0 aliphatic rings. The van der Waals surface area contributed by atoms with Gasteiger partial charge in [0, 0.05) is 6.54 Å². The van der Waals surface area contributed by atoms with Gasteiger partial charge in [0.1, 0.15) is 10.5 Å². The zero-order valence-corrected chi connectivity index (χ0v) is 9.61. The number of sulfonamides is 1. The summed E-state index contributed by atoms with van der Waals surface area (Å²) in [4.78, 5) is 0. The van der Waals surface area contributed by atoms with Crippen LogP contribution in [0.2, 0.25) is 0 Å². The van der Waals surface area contributed by atoms with Crippen molar-refractivity contribution < 1.29 is 12.8 Å². The Balaban J connectivity index is 2.59. The van der Waals surface area contributed by atoms with Crippen LogP contribution < -0.4 is 4.72 Å². The molecule has 0 aliphatic carbocycles. The molecular formula is C8H9BrFNO2S. The fourth-order valence-corrected chi connectivity index (χ4v) is 1.78. The van der Waals surface area contributed by atoms with Gasteiger partial charge < -0.3 is 0 Å². The second-order valence-corrected chi connectivity index (χ2v) is 5.78. The quantitative estimate of drug-likeness (QED) is 0.853. The van der Waals surface area contributed by atoms with Gasteiger partial charge >= 0.3 is 0 Å². The molecule has 0 aromatic heterocycles. The minimum atomic E-state index is -3.25. The van der Waals surface area contributed by atoms with Gasteiger partial charge in [0.2, 0.25) is 10.0 Å². The molecule has 0 spiro atoms. The maximum absolute atomic E-state index is 12.5. The Labute approximate surface area is 90.5 Å². The number of nitrogens with one attached hydrogen (secondary N) is 1. The van der Waals surface area contributed by atoms with E-state index in [9.17, 15) is 12.8 Å². The van der Waals surface area contributed by atoms with E-state index in [-0.39, 0.29) is 17.0 Å². The van der Waals surface area contributed by atoms with Crippen LogP contribution in [0.3, 0.4) is 0 Å². The molecule has 0 unspecified atom stereocenters. The molecule has 3 nitrogen and oxygen atoms in total. The molecule has 0 saturated carbocycles. The molecule has 0 heterocycles. The van der Waals surface area contributed by atoms with Gasteiger partial charge in [-0.2, -0.15) is 0 Å². The van der Waals surface area contributed by atoms with E-state index in [1.807, 2.05) is 0 Å². The summed E-state index contributed by atoms with van der Waals surface area (Å²) in [6, 6.07) is 5.65. The van der Waals surface area contributed by atoms with Gasteiger partial charge in [-0.15, -0.1) is 0 Å². The Kier molecular flexibility index (Phi) is 4.03. The molecule has 0 saturated heterocycles. The molecule has 6 heteroatoms. The average molecular weight is 282 g/mol. The number of rotatable bonds is 4. The minimum absolute atomic E-state index is 0.138. The van der Waals surface area contributed by atoms with Crippen LogP contribution in [0.1, 0.15) is 5.56 Å². The van der Waals surface area contributed by atoms with E-state index in [1.165, 1.54) is 24.3 Å². The molecule has 1 aromatic rings. The average Bonchev–Trinajstić information content (AvgIpc) is 2.17. The Morgan fingerprint density at radius 3 is 2.36 bits per heavy atom. The lowest BCUT2D eigenvalue weighted by Gasteiger charge is -2.03. The summed E-state index contributed by atoms with van der Waals surface area (Å²) in [6.45, 7) is 0.175. The van der Waals surface area contributed by atoms with Crippen LogP contribution in [0.4, 0.5) is 4.39 Å². The van der Waals surface area contributed by atoms with Crippen molar-refractivity contribution in [2.75, 3.05) is 4.66 Å². The van der Waals surface area contributed by atoms with Crippen molar-refractivity contribution in [1.82, 2.24) is 4.72 Å². The molecule has 0 atom stereocenters. The molecule has 0 radical (unpaired) electrons. The predicted octanol–water partition coefficient (Wildman–Crippen LogP) is 1.60. The third-order valence-corrected chi connectivity index (χ3v) is 4.23. The fourth-order valence-electron chi connectivity index (χ4n) is 0.834. The van der Waals surface area contributed by atoms with Crippen molar-refractivity contribution in [2.45, 2.75) is 6.54 Å². The molecule has 0 aliphatic heterocycles. The predicted molar refractivity (Wildman–Crippen MR) is 56.0 cm³/mol. The lowest BCUT2D eigenvalue weighted by Crippen LogP contribution is -2.23. The topological polar surface area (TPSA) is 46.2 Å². The van der Waals surface area contributed by atoms with Gasteiger partial charge in [0.05, 0.1) is 0 Å². The summed E-state index contributed by atoms with van der Waals surface area (Å²) >= 11 is 2.85. The third-order valence-electron chi connectivity index (χ3n) is 1.55. The van der Waals surface area contributed by atoms with Crippen LogP contribution in [-0.4, -0.2) is 13.1 Å². The summed E-state index contributed by atoms with van der Waals surface area (Å²) in [6.07, 6.45) is 0. The van der Waals surface area contributed by atoms with E-state index in [4.69, 9.17) is 0 Å². The third kappa shape index (κ3) is 3.73. The standard InChI is InChI=1S/C8H9BrFNO2S/c9-6-14(12,13)11-5-7-1-3-8(10)4-2-7/h1-4,11H,5-6H2. The highest BCUT2D eigenvalue weighted by atomic mass is 79.9. The highest BCUT2D eigenvalue weighted by Crippen LogP contribution is 2.03. The van der Waals surface area contributed by atoms with Gasteiger partial charge in [0.25, 0.3) is 0 Å².